The first kappa shape index (κ1) is 13.6. The highest BCUT2D eigenvalue weighted by Gasteiger charge is 2.42. The molecule has 1 rings (SSSR count). The third-order valence-electron chi connectivity index (χ3n) is 2.00. The fraction of sp³-hybridized carbons (Fsp3) is 0.300. The number of rotatable bonds is 4. The number of benzene rings is 1. The first-order valence-corrected chi connectivity index (χ1v) is 4.97. The molecule has 1 unspecified atom stereocenters. The number of hydrogen-bond donors (Lipinski definition) is 2. The lowest BCUT2D eigenvalue weighted by Crippen LogP contribution is -2.39. The molecule has 0 saturated carbocycles. The molecule has 0 saturated heterocycles. The molecule has 17 heavy (non-hydrogen) atoms. The van der Waals surface area contributed by atoms with Gasteiger partial charge in [0, 0.05) is 5.02 Å². The van der Waals surface area contributed by atoms with Gasteiger partial charge < -0.3 is 10.5 Å². The molecule has 3 nitrogen and oxygen atoms in total. The van der Waals surface area contributed by atoms with Gasteiger partial charge in [-0.2, -0.15) is 13.2 Å². The SMILES string of the molecule is N=C(N)C(COc1ccc(Cl)cc1)C(F)(F)F. The van der Waals surface area contributed by atoms with E-state index in [0.717, 1.165) is 0 Å². The van der Waals surface area contributed by atoms with Crippen LogP contribution in [0.5, 0.6) is 5.75 Å². The van der Waals surface area contributed by atoms with Gasteiger partial charge in [0.05, 0.1) is 0 Å². The summed E-state index contributed by atoms with van der Waals surface area (Å²) in [7, 11) is 0. The Kier molecular flexibility index (Phi) is 4.22. The lowest BCUT2D eigenvalue weighted by atomic mass is 10.1. The molecule has 0 spiro atoms. The molecule has 0 aliphatic carbocycles. The van der Waals surface area contributed by atoms with Gasteiger partial charge in [-0.15, -0.1) is 0 Å². The Bertz CT molecular complexity index is 392. The Morgan fingerprint density at radius 2 is 1.88 bits per heavy atom. The van der Waals surface area contributed by atoms with Crippen LogP contribution in [-0.4, -0.2) is 18.6 Å². The molecule has 1 aromatic carbocycles. The van der Waals surface area contributed by atoms with E-state index in [-0.39, 0.29) is 5.75 Å². The number of nitrogens with one attached hydrogen (secondary N) is 1. The predicted molar refractivity (Wildman–Crippen MR) is 58.4 cm³/mol. The van der Waals surface area contributed by atoms with E-state index in [0.29, 0.717) is 5.02 Å². The molecule has 0 heterocycles. The molecular weight excluding hydrogens is 257 g/mol. The normalized spacial score (nSPS) is 13.2. The highest BCUT2D eigenvalue weighted by Crippen LogP contribution is 2.27. The summed E-state index contributed by atoms with van der Waals surface area (Å²) in [6.07, 6.45) is -4.59. The molecule has 7 heteroatoms. The molecule has 0 aliphatic rings. The quantitative estimate of drug-likeness (QED) is 0.650. The van der Waals surface area contributed by atoms with Gasteiger partial charge in [0.25, 0.3) is 0 Å². The van der Waals surface area contributed by atoms with Crippen LogP contribution in [0.25, 0.3) is 0 Å². The molecule has 1 atom stereocenters. The van der Waals surface area contributed by atoms with E-state index >= 15 is 0 Å². The fourth-order valence-electron chi connectivity index (χ4n) is 1.07. The van der Waals surface area contributed by atoms with Crippen molar-refractivity contribution in [3.8, 4) is 5.75 Å². The van der Waals surface area contributed by atoms with Gasteiger partial charge in [-0.05, 0) is 24.3 Å². The second kappa shape index (κ2) is 5.27. The molecule has 0 amide bonds. The summed E-state index contributed by atoms with van der Waals surface area (Å²) in [6, 6.07) is 5.87. The Balaban J connectivity index is 2.65. The first-order chi connectivity index (χ1) is 7.80. The van der Waals surface area contributed by atoms with Crippen molar-refractivity contribution in [3.05, 3.63) is 29.3 Å². The minimum atomic E-state index is -4.59. The van der Waals surface area contributed by atoms with E-state index in [1.807, 2.05) is 0 Å². The minimum absolute atomic E-state index is 0.241. The van der Waals surface area contributed by atoms with E-state index in [1.54, 1.807) is 0 Å². The Labute approximate surface area is 101 Å². The molecule has 94 valence electrons. The monoisotopic (exact) mass is 266 g/mol. The summed E-state index contributed by atoms with van der Waals surface area (Å²) < 4.78 is 42.2. The van der Waals surface area contributed by atoms with Crippen LogP contribution in [0.15, 0.2) is 24.3 Å². The van der Waals surface area contributed by atoms with Crippen molar-refractivity contribution < 1.29 is 17.9 Å². The van der Waals surface area contributed by atoms with Crippen LogP contribution < -0.4 is 10.5 Å². The lowest BCUT2D eigenvalue weighted by Gasteiger charge is -2.19. The van der Waals surface area contributed by atoms with Crippen molar-refractivity contribution in [2.45, 2.75) is 6.18 Å². The molecule has 0 aliphatic heterocycles. The smallest absolute Gasteiger partial charge is 0.401 e. The van der Waals surface area contributed by atoms with Crippen molar-refractivity contribution >= 4 is 17.4 Å². The summed E-state index contributed by atoms with van der Waals surface area (Å²) in [4.78, 5) is 0. The van der Waals surface area contributed by atoms with Crippen molar-refractivity contribution in [1.29, 1.82) is 5.41 Å². The maximum absolute atomic E-state index is 12.4. The molecular formula is C10H10ClF3N2O. The standard InChI is InChI=1S/C10H10ClF3N2O/c11-6-1-3-7(4-2-6)17-5-8(9(15)16)10(12,13)14/h1-4,8H,5H2,(H3,15,16). The van der Waals surface area contributed by atoms with Crippen molar-refractivity contribution in [2.24, 2.45) is 11.7 Å². The van der Waals surface area contributed by atoms with Crippen molar-refractivity contribution in [3.63, 3.8) is 0 Å². The van der Waals surface area contributed by atoms with Gasteiger partial charge in [-0.25, -0.2) is 0 Å². The third kappa shape index (κ3) is 4.14. The van der Waals surface area contributed by atoms with E-state index < -0.39 is 24.5 Å². The number of amidine groups is 1. The lowest BCUT2D eigenvalue weighted by molar-refractivity contribution is -0.162. The number of alkyl halides is 3. The van der Waals surface area contributed by atoms with E-state index in [2.05, 4.69) is 0 Å². The zero-order chi connectivity index (χ0) is 13.1. The van der Waals surface area contributed by atoms with Crippen LogP contribution in [0.2, 0.25) is 5.02 Å². The molecule has 1 aromatic rings. The van der Waals surface area contributed by atoms with Crippen molar-refractivity contribution in [1.82, 2.24) is 0 Å². The molecule has 0 aromatic heterocycles. The van der Waals surface area contributed by atoms with Crippen LogP contribution in [-0.2, 0) is 0 Å². The van der Waals surface area contributed by atoms with Gasteiger partial charge in [0.2, 0.25) is 0 Å². The molecule has 0 radical (unpaired) electrons. The highest BCUT2D eigenvalue weighted by atomic mass is 35.5. The second-order valence-corrected chi connectivity index (χ2v) is 3.75. The maximum Gasteiger partial charge on any atom is 0.401 e. The summed E-state index contributed by atoms with van der Waals surface area (Å²) in [5.74, 6) is -2.82. The van der Waals surface area contributed by atoms with Gasteiger partial charge in [0.1, 0.15) is 24.1 Å². The highest BCUT2D eigenvalue weighted by molar-refractivity contribution is 6.30. The second-order valence-electron chi connectivity index (χ2n) is 3.31. The van der Waals surface area contributed by atoms with Gasteiger partial charge in [-0.3, -0.25) is 5.41 Å². The zero-order valence-corrected chi connectivity index (χ0v) is 9.35. The maximum atomic E-state index is 12.4. The Morgan fingerprint density at radius 3 is 2.29 bits per heavy atom. The van der Waals surface area contributed by atoms with Crippen LogP contribution in [0.1, 0.15) is 0 Å². The fourth-order valence-corrected chi connectivity index (χ4v) is 1.20. The average Bonchev–Trinajstić information content (AvgIpc) is 2.18. The van der Waals surface area contributed by atoms with Gasteiger partial charge in [-0.1, -0.05) is 11.6 Å². The Hall–Kier alpha value is -1.43. The molecule has 3 N–H and O–H groups in total. The predicted octanol–water partition coefficient (Wildman–Crippen LogP) is 2.83. The Morgan fingerprint density at radius 1 is 1.35 bits per heavy atom. The number of nitrogens with two attached hydrogens (primary N) is 1. The number of ether oxygens (including phenoxy) is 1. The summed E-state index contributed by atoms with van der Waals surface area (Å²) in [6.45, 7) is -0.722. The van der Waals surface area contributed by atoms with Crippen molar-refractivity contribution in [2.75, 3.05) is 6.61 Å². The zero-order valence-electron chi connectivity index (χ0n) is 8.59. The topological polar surface area (TPSA) is 59.1 Å². The third-order valence-corrected chi connectivity index (χ3v) is 2.25. The average molecular weight is 267 g/mol. The molecule has 0 fully saturated rings. The van der Waals surface area contributed by atoms with Gasteiger partial charge >= 0.3 is 6.18 Å². The number of hydrogen-bond acceptors (Lipinski definition) is 2. The molecule has 0 bridgehead atoms. The van der Waals surface area contributed by atoms with Crippen LogP contribution in [0.3, 0.4) is 0 Å². The van der Waals surface area contributed by atoms with Crippen LogP contribution in [0.4, 0.5) is 13.2 Å². The minimum Gasteiger partial charge on any atom is -0.492 e. The van der Waals surface area contributed by atoms with E-state index in [4.69, 9.17) is 27.5 Å². The van der Waals surface area contributed by atoms with E-state index in [1.165, 1.54) is 24.3 Å². The first-order valence-electron chi connectivity index (χ1n) is 4.59. The largest absolute Gasteiger partial charge is 0.492 e. The van der Waals surface area contributed by atoms with Crippen LogP contribution >= 0.6 is 11.6 Å². The van der Waals surface area contributed by atoms with Gasteiger partial charge in [0.15, 0.2) is 0 Å². The summed E-state index contributed by atoms with van der Waals surface area (Å²) in [5.41, 5.74) is 4.87. The number of halogens is 4. The summed E-state index contributed by atoms with van der Waals surface area (Å²) in [5, 5.41) is 7.32. The van der Waals surface area contributed by atoms with E-state index in [9.17, 15) is 13.2 Å². The summed E-state index contributed by atoms with van der Waals surface area (Å²) >= 11 is 5.61. The van der Waals surface area contributed by atoms with Crippen LogP contribution in [0, 0.1) is 11.3 Å².